The van der Waals surface area contributed by atoms with E-state index in [9.17, 15) is 0 Å². The summed E-state index contributed by atoms with van der Waals surface area (Å²) in [6.07, 6.45) is 11.8. The molecule has 2 aromatic rings. The fourth-order valence-corrected chi connectivity index (χ4v) is 2.96. The molecule has 0 aliphatic carbocycles. The number of rotatable bonds is 4. The second-order valence-corrected chi connectivity index (χ2v) is 5.81. The average Bonchev–Trinajstić information content (AvgIpc) is 3.00. The van der Waals surface area contributed by atoms with E-state index in [0.717, 1.165) is 31.3 Å². The maximum Gasteiger partial charge on any atom is 0.171 e. The van der Waals surface area contributed by atoms with E-state index in [1.54, 1.807) is 12.4 Å². The van der Waals surface area contributed by atoms with Gasteiger partial charge in [-0.15, -0.1) is 0 Å². The minimum Gasteiger partial charge on any atom is -0.360 e. The van der Waals surface area contributed by atoms with Crippen molar-refractivity contribution in [2.24, 2.45) is 5.92 Å². The third kappa shape index (κ3) is 3.15. The van der Waals surface area contributed by atoms with E-state index < -0.39 is 0 Å². The van der Waals surface area contributed by atoms with Crippen LogP contribution < -0.4 is 9.80 Å². The molecule has 0 radical (unpaired) electrons. The molecule has 1 aliphatic heterocycles. The number of anilines is 2. The zero-order valence-electron chi connectivity index (χ0n) is 12.7. The molecule has 112 valence electrons. The zero-order chi connectivity index (χ0) is 14.7. The lowest BCUT2D eigenvalue weighted by molar-refractivity contribution is 0.365. The summed E-state index contributed by atoms with van der Waals surface area (Å²) in [6.45, 7) is 3.10. The van der Waals surface area contributed by atoms with Crippen molar-refractivity contribution < 1.29 is 0 Å². The van der Waals surface area contributed by atoms with Crippen molar-refractivity contribution >= 4 is 11.6 Å². The van der Waals surface area contributed by atoms with Crippen LogP contribution in [0, 0.1) is 5.92 Å². The van der Waals surface area contributed by atoms with Gasteiger partial charge < -0.3 is 14.4 Å². The van der Waals surface area contributed by atoms with E-state index >= 15 is 0 Å². The molecule has 0 saturated carbocycles. The Morgan fingerprint density at radius 2 is 2.10 bits per heavy atom. The van der Waals surface area contributed by atoms with Crippen molar-refractivity contribution in [2.45, 2.75) is 19.4 Å². The zero-order valence-corrected chi connectivity index (χ0v) is 12.7. The monoisotopic (exact) mass is 286 g/mol. The van der Waals surface area contributed by atoms with Gasteiger partial charge in [-0.1, -0.05) is 0 Å². The Kier molecular flexibility index (Phi) is 4.03. The van der Waals surface area contributed by atoms with Crippen LogP contribution in [0.15, 0.2) is 31.1 Å². The highest BCUT2D eigenvalue weighted by Crippen LogP contribution is 2.28. The molecule has 21 heavy (non-hydrogen) atoms. The molecule has 6 nitrogen and oxygen atoms in total. The topological polar surface area (TPSA) is 50.1 Å². The number of piperidine rings is 1. The van der Waals surface area contributed by atoms with E-state index in [4.69, 9.17) is 0 Å². The SMILES string of the molecule is CN(C)c1nccnc1N1CCCC(Cn2ccnc2)C1. The predicted octanol–water partition coefficient (Wildman–Crippen LogP) is 1.66. The summed E-state index contributed by atoms with van der Waals surface area (Å²) >= 11 is 0. The summed E-state index contributed by atoms with van der Waals surface area (Å²) in [5.74, 6) is 2.57. The first-order valence-corrected chi connectivity index (χ1v) is 7.43. The molecule has 1 saturated heterocycles. The van der Waals surface area contributed by atoms with E-state index in [1.165, 1.54) is 12.8 Å². The van der Waals surface area contributed by atoms with E-state index in [1.807, 2.05) is 37.7 Å². The first kappa shape index (κ1) is 13.9. The van der Waals surface area contributed by atoms with Crippen LogP contribution in [0.5, 0.6) is 0 Å². The Balaban J connectivity index is 1.74. The van der Waals surface area contributed by atoms with Gasteiger partial charge in [-0.05, 0) is 18.8 Å². The van der Waals surface area contributed by atoms with Gasteiger partial charge in [-0.25, -0.2) is 15.0 Å². The van der Waals surface area contributed by atoms with Crippen molar-refractivity contribution in [3.63, 3.8) is 0 Å². The van der Waals surface area contributed by atoms with Gasteiger partial charge in [-0.3, -0.25) is 0 Å². The molecule has 3 rings (SSSR count). The Morgan fingerprint density at radius 3 is 2.86 bits per heavy atom. The lowest BCUT2D eigenvalue weighted by Gasteiger charge is -2.35. The minimum absolute atomic E-state index is 0.630. The van der Waals surface area contributed by atoms with Crippen LogP contribution in [0.25, 0.3) is 0 Å². The van der Waals surface area contributed by atoms with E-state index in [-0.39, 0.29) is 0 Å². The van der Waals surface area contributed by atoms with Crippen LogP contribution in [-0.2, 0) is 6.54 Å². The van der Waals surface area contributed by atoms with Crippen molar-refractivity contribution in [2.75, 3.05) is 37.0 Å². The molecule has 1 unspecified atom stereocenters. The molecule has 2 aromatic heterocycles. The summed E-state index contributed by atoms with van der Waals surface area (Å²) in [5.41, 5.74) is 0. The highest BCUT2D eigenvalue weighted by atomic mass is 15.3. The van der Waals surface area contributed by atoms with Gasteiger partial charge in [0, 0.05) is 58.5 Å². The maximum absolute atomic E-state index is 4.56. The summed E-state index contributed by atoms with van der Waals surface area (Å²) in [7, 11) is 4.03. The first-order valence-electron chi connectivity index (χ1n) is 7.43. The molecule has 1 aliphatic rings. The smallest absolute Gasteiger partial charge is 0.171 e. The lowest BCUT2D eigenvalue weighted by atomic mass is 9.98. The Hall–Kier alpha value is -2.11. The highest BCUT2D eigenvalue weighted by molar-refractivity contribution is 5.61. The van der Waals surface area contributed by atoms with Crippen LogP contribution in [0.3, 0.4) is 0 Å². The average molecular weight is 286 g/mol. The van der Waals surface area contributed by atoms with Crippen LogP contribution in [0.2, 0.25) is 0 Å². The molecule has 3 heterocycles. The normalized spacial score (nSPS) is 18.8. The van der Waals surface area contributed by atoms with Crippen molar-refractivity contribution in [1.29, 1.82) is 0 Å². The molecule has 1 fully saturated rings. The minimum atomic E-state index is 0.630. The number of imidazole rings is 1. The van der Waals surface area contributed by atoms with E-state index in [0.29, 0.717) is 5.92 Å². The van der Waals surface area contributed by atoms with Crippen molar-refractivity contribution in [1.82, 2.24) is 19.5 Å². The molecule has 0 bridgehead atoms. The fraction of sp³-hybridized carbons (Fsp3) is 0.533. The van der Waals surface area contributed by atoms with Crippen molar-refractivity contribution in [3.05, 3.63) is 31.1 Å². The Labute approximate surface area is 125 Å². The lowest BCUT2D eigenvalue weighted by Crippen LogP contribution is -2.38. The first-order chi connectivity index (χ1) is 10.2. The van der Waals surface area contributed by atoms with Gasteiger partial charge in [0.1, 0.15) is 0 Å². The second kappa shape index (κ2) is 6.11. The predicted molar refractivity (Wildman–Crippen MR) is 83.5 cm³/mol. The quantitative estimate of drug-likeness (QED) is 0.855. The summed E-state index contributed by atoms with van der Waals surface area (Å²) < 4.78 is 2.16. The largest absolute Gasteiger partial charge is 0.360 e. The molecule has 0 aromatic carbocycles. The molecular weight excluding hydrogens is 264 g/mol. The second-order valence-electron chi connectivity index (χ2n) is 5.81. The Morgan fingerprint density at radius 1 is 1.24 bits per heavy atom. The standard InChI is InChI=1S/C15H22N6/c1-19(2)14-15(18-6-5-17-14)21-8-3-4-13(11-21)10-20-9-7-16-12-20/h5-7,9,12-13H,3-4,8,10-11H2,1-2H3. The van der Waals surface area contributed by atoms with Gasteiger partial charge in [0.05, 0.1) is 6.33 Å². The molecule has 0 amide bonds. The van der Waals surface area contributed by atoms with Gasteiger partial charge >= 0.3 is 0 Å². The maximum atomic E-state index is 4.56. The molecule has 0 N–H and O–H groups in total. The summed E-state index contributed by atoms with van der Waals surface area (Å²) in [5, 5.41) is 0. The van der Waals surface area contributed by atoms with Gasteiger partial charge in [-0.2, -0.15) is 0 Å². The summed E-state index contributed by atoms with van der Waals surface area (Å²) in [6, 6.07) is 0. The number of nitrogens with zero attached hydrogens (tertiary/aromatic N) is 6. The molecular formula is C15H22N6. The third-order valence-corrected chi connectivity index (χ3v) is 3.93. The molecule has 0 spiro atoms. The fourth-order valence-electron chi connectivity index (χ4n) is 2.96. The van der Waals surface area contributed by atoms with Gasteiger partial charge in [0.15, 0.2) is 11.6 Å². The number of hydrogen-bond acceptors (Lipinski definition) is 5. The van der Waals surface area contributed by atoms with Gasteiger partial charge in [0.2, 0.25) is 0 Å². The highest BCUT2D eigenvalue weighted by Gasteiger charge is 2.23. The van der Waals surface area contributed by atoms with Crippen LogP contribution in [0.1, 0.15) is 12.8 Å². The van der Waals surface area contributed by atoms with Crippen LogP contribution in [-0.4, -0.2) is 46.7 Å². The van der Waals surface area contributed by atoms with Gasteiger partial charge in [0.25, 0.3) is 0 Å². The molecule has 1 atom stereocenters. The molecule has 6 heteroatoms. The third-order valence-electron chi connectivity index (χ3n) is 3.93. The van der Waals surface area contributed by atoms with Crippen LogP contribution in [0.4, 0.5) is 11.6 Å². The Bertz CT molecular complexity index is 565. The van der Waals surface area contributed by atoms with E-state index in [2.05, 4.69) is 24.4 Å². The van der Waals surface area contributed by atoms with Crippen LogP contribution >= 0.6 is 0 Å². The van der Waals surface area contributed by atoms with Crippen molar-refractivity contribution in [3.8, 4) is 0 Å². The summed E-state index contributed by atoms with van der Waals surface area (Å²) in [4.78, 5) is 17.5. The number of hydrogen-bond donors (Lipinski definition) is 0. The number of aromatic nitrogens is 4.